The van der Waals surface area contributed by atoms with Crippen LogP contribution in [-0.2, 0) is 11.3 Å². The fraction of sp³-hybridized carbons (Fsp3) is 0.364. The maximum atomic E-state index is 13.4. The van der Waals surface area contributed by atoms with Crippen molar-refractivity contribution in [3.63, 3.8) is 0 Å². The number of anilines is 1. The van der Waals surface area contributed by atoms with E-state index in [-0.39, 0.29) is 24.3 Å². The molecule has 0 fully saturated rings. The molecule has 2 heterocycles. The average molecular weight is 515 g/mol. The molecule has 7 nitrogen and oxygen atoms in total. The minimum atomic E-state index is -5.01. The summed E-state index contributed by atoms with van der Waals surface area (Å²) in [5, 5.41) is 3.54. The largest absolute Gasteiger partial charge is 0.471 e. The van der Waals surface area contributed by atoms with Crippen LogP contribution in [0.4, 0.5) is 19.0 Å². The molecule has 182 valence electrons. The summed E-state index contributed by atoms with van der Waals surface area (Å²) in [5.41, 5.74) is 0.526. The summed E-state index contributed by atoms with van der Waals surface area (Å²) in [5.74, 6) is -1.04. The number of benzene rings is 1. The molecule has 1 aromatic carbocycles. The van der Waals surface area contributed by atoms with Gasteiger partial charge >= 0.3 is 12.1 Å². The molecule has 0 radical (unpaired) electrons. The fourth-order valence-electron chi connectivity index (χ4n) is 3.44. The van der Waals surface area contributed by atoms with Crippen LogP contribution in [-0.4, -0.2) is 49.1 Å². The lowest BCUT2D eigenvalue weighted by molar-refractivity contribution is -0.186. The smallest absolute Gasteiger partial charge is 0.365 e. The number of nitrogens with one attached hydrogen (secondary N) is 1. The molecule has 1 amide bonds. The van der Waals surface area contributed by atoms with Gasteiger partial charge in [-0.1, -0.05) is 37.6 Å². The Bertz CT molecular complexity index is 1090. The topological polar surface area (TPSA) is 75.9 Å². The summed E-state index contributed by atoms with van der Waals surface area (Å²) in [6, 6.07) is 7.38. The van der Waals surface area contributed by atoms with Gasteiger partial charge in [-0.3, -0.25) is 9.36 Å². The number of halogens is 5. The molecule has 0 saturated heterocycles. The molecule has 1 N–H and O–H groups in total. The van der Waals surface area contributed by atoms with E-state index in [0.29, 0.717) is 28.6 Å². The monoisotopic (exact) mass is 514 g/mol. The molecule has 12 heteroatoms. The van der Waals surface area contributed by atoms with E-state index >= 15 is 0 Å². The van der Waals surface area contributed by atoms with E-state index in [2.05, 4.69) is 20.3 Å². The van der Waals surface area contributed by atoms with Crippen LogP contribution in [0.5, 0.6) is 0 Å². The molecule has 0 spiro atoms. The summed E-state index contributed by atoms with van der Waals surface area (Å²) < 4.78 is 41.8. The molecular weight excluding hydrogens is 492 g/mol. The quantitative estimate of drug-likeness (QED) is 0.387. The molecule has 0 aliphatic rings. The van der Waals surface area contributed by atoms with E-state index in [4.69, 9.17) is 23.2 Å². The highest BCUT2D eigenvalue weighted by Gasteiger charge is 2.43. The predicted molar refractivity (Wildman–Crippen MR) is 124 cm³/mol. The van der Waals surface area contributed by atoms with Gasteiger partial charge in [-0.15, -0.1) is 0 Å². The van der Waals surface area contributed by atoms with Crippen molar-refractivity contribution in [1.29, 1.82) is 0 Å². The summed E-state index contributed by atoms with van der Waals surface area (Å²) in [7, 11) is 0. The third-order valence-electron chi connectivity index (χ3n) is 4.82. The second kappa shape index (κ2) is 11.1. The minimum Gasteiger partial charge on any atom is -0.365 e. The molecule has 3 aromatic rings. The van der Waals surface area contributed by atoms with Crippen LogP contribution in [0.1, 0.15) is 25.8 Å². The van der Waals surface area contributed by atoms with Crippen LogP contribution in [0, 0.1) is 5.92 Å². The van der Waals surface area contributed by atoms with Gasteiger partial charge in [0.25, 0.3) is 0 Å². The van der Waals surface area contributed by atoms with E-state index in [1.807, 2.05) is 13.8 Å². The fourth-order valence-corrected chi connectivity index (χ4v) is 3.74. The maximum Gasteiger partial charge on any atom is 0.471 e. The van der Waals surface area contributed by atoms with Crippen molar-refractivity contribution in [1.82, 2.24) is 24.4 Å². The summed E-state index contributed by atoms with van der Waals surface area (Å²) in [6.07, 6.45) is 0.238. The van der Waals surface area contributed by atoms with E-state index < -0.39 is 18.1 Å². The summed E-state index contributed by atoms with van der Waals surface area (Å²) >= 11 is 12.0. The van der Waals surface area contributed by atoms with E-state index in [9.17, 15) is 18.0 Å². The Morgan fingerprint density at radius 1 is 1.18 bits per heavy atom. The molecule has 0 bridgehead atoms. The normalized spacial score (nSPS) is 12.6. The van der Waals surface area contributed by atoms with Crippen LogP contribution >= 0.6 is 23.2 Å². The van der Waals surface area contributed by atoms with Gasteiger partial charge in [0.2, 0.25) is 5.28 Å². The van der Waals surface area contributed by atoms with Gasteiger partial charge in [0, 0.05) is 42.6 Å². The number of hydrogen-bond acceptors (Lipinski definition) is 5. The Balaban J connectivity index is 1.87. The first-order valence-electron chi connectivity index (χ1n) is 10.4. The van der Waals surface area contributed by atoms with Gasteiger partial charge in [-0.2, -0.15) is 18.2 Å². The van der Waals surface area contributed by atoms with Gasteiger partial charge in [-0.05, 0) is 41.6 Å². The first-order chi connectivity index (χ1) is 16.0. The number of aromatic nitrogens is 4. The first-order valence-corrected chi connectivity index (χ1v) is 11.2. The Morgan fingerprint density at radius 2 is 1.88 bits per heavy atom. The first kappa shape index (κ1) is 25.8. The van der Waals surface area contributed by atoms with Crippen LogP contribution in [0.25, 0.3) is 5.82 Å². The third kappa shape index (κ3) is 7.33. The molecule has 34 heavy (non-hydrogen) atoms. The number of imidazole rings is 1. The van der Waals surface area contributed by atoms with Crippen molar-refractivity contribution < 1.29 is 18.0 Å². The molecule has 3 rings (SSSR count). The Labute approximate surface area is 204 Å². The maximum absolute atomic E-state index is 13.4. The summed E-state index contributed by atoms with van der Waals surface area (Å²) in [6.45, 7) is 3.44. The van der Waals surface area contributed by atoms with Gasteiger partial charge in [-0.25, -0.2) is 9.97 Å². The SMILES string of the molecule is CC(C)CC(CN(Cc1ccc(Cl)cc1)C(=O)C(F)(F)F)Nc1cc(-n2ccnc2)nc(Cl)n1. The van der Waals surface area contributed by atoms with Gasteiger partial charge in [0.1, 0.15) is 18.0 Å². The molecule has 2 aromatic heterocycles. The lowest BCUT2D eigenvalue weighted by atomic mass is 10.0. The van der Waals surface area contributed by atoms with Crippen LogP contribution in [0.3, 0.4) is 0 Å². The predicted octanol–water partition coefficient (Wildman–Crippen LogP) is 5.39. The van der Waals surface area contributed by atoms with E-state index in [0.717, 1.165) is 4.90 Å². The third-order valence-corrected chi connectivity index (χ3v) is 5.24. The number of rotatable bonds is 9. The van der Waals surface area contributed by atoms with Gasteiger partial charge < -0.3 is 10.2 Å². The lowest BCUT2D eigenvalue weighted by Crippen LogP contribution is -2.46. The number of hydrogen-bond donors (Lipinski definition) is 1. The second-order valence-electron chi connectivity index (χ2n) is 8.13. The standard InChI is InChI=1S/C22H23Cl2F3N6O/c1-14(2)9-17(29-18-10-19(31-21(24)30-18)32-8-7-28-13-32)12-33(20(34)22(25,26)27)11-15-3-5-16(23)6-4-15/h3-8,10,13-14,17H,9,11-12H2,1-2H3,(H,29,30,31). The molecule has 0 aliphatic carbocycles. The van der Waals surface area contributed by atoms with Crippen LogP contribution < -0.4 is 5.32 Å². The van der Waals surface area contributed by atoms with Crippen LogP contribution in [0.2, 0.25) is 10.3 Å². The Morgan fingerprint density at radius 3 is 2.47 bits per heavy atom. The highest BCUT2D eigenvalue weighted by molar-refractivity contribution is 6.30. The van der Waals surface area contributed by atoms with Gasteiger partial charge in [0.05, 0.1) is 0 Å². The van der Waals surface area contributed by atoms with Crippen LogP contribution in [0.15, 0.2) is 49.1 Å². The number of alkyl halides is 3. The average Bonchev–Trinajstić information content (AvgIpc) is 3.28. The van der Waals surface area contributed by atoms with Crippen molar-refractivity contribution in [3.8, 4) is 5.82 Å². The molecular formula is C22H23Cl2F3N6O. The van der Waals surface area contributed by atoms with Crippen molar-refractivity contribution in [3.05, 3.63) is 64.9 Å². The van der Waals surface area contributed by atoms with E-state index in [1.165, 1.54) is 6.33 Å². The number of carbonyl (C=O) groups excluding carboxylic acids is 1. The van der Waals surface area contributed by atoms with Gasteiger partial charge in [0.15, 0.2) is 0 Å². The Hall–Kier alpha value is -2.85. The zero-order valence-electron chi connectivity index (χ0n) is 18.4. The molecule has 1 unspecified atom stereocenters. The zero-order valence-corrected chi connectivity index (χ0v) is 19.9. The van der Waals surface area contributed by atoms with Crippen molar-refractivity contribution in [2.75, 3.05) is 11.9 Å². The van der Waals surface area contributed by atoms with Crippen molar-refractivity contribution >= 4 is 34.9 Å². The molecule has 0 saturated carbocycles. The van der Waals surface area contributed by atoms with Crippen molar-refractivity contribution in [2.24, 2.45) is 5.92 Å². The lowest BCUT2D eigenvalue weighted by Gasteiger charge is -2.30. The zero-order chi connectivity index (χ0) is 24.9. The summed E-state index contributed by atoms with van der Waals surface area (Å²) in [4.78, 5) is 25.3. The van der Waals surface area contributed by atoms with Crippen molar-refractivity contribution in [2.45, 2.75) is 39.0 Å². The number of carbonyl (C=O) groups is 1. The Kier molecular flexibility index (Phi) is 8.37. The number of amides is 1. The van der Waals surface area contributed by atoms with E-state index in [1.54, 1.807) is 47.3 Å². The highest BCUT2D eigenvalue weighted by Crippen LogP contribution is 2.23. The minimum absolute atomic E-state index is 0.0404. The highest BCUT2D eigenvalue weighted by atomic mass is 35.5. The molecule has 0 aliphatic heterocycles. The number of nitrogens with zero attached hydrogens (tertiary/aromatic N) is 5. The molecule has 1 atom stereocenters. The second-order valence-corrected chi connectivity index (χ2v) is 8.91.